The molecule has 1 aromatic heterocycles. The molecule has 1 aliphatic rings. The molecule has 1 unspecified atom stereocenters. The molecule has 2 aromatic rings. The van der Waals surface area contributed by atoms with Gasteiger partial charge < -0.3 is 9.15 Å². The molecule has 4 nitrogen and oxygen atoms in total. The Hall–Kier alpha value is -1.88. The molecule has 1 aliphatic heterocycles. The molecule has 5 heteroatoms. The van der Waals surface area contributed by atoms with Crippen LogP contribution < -0.4 is 4.74 Å². The maximum absolute atomic E-state index is 12.9. The molecule has 1 fully saturated rings. The Balaban J connectivity index is 1.49. The Morgan fingerprint density at radius 3 is 2.91 bits per heavy atom. The zero-order valence-electron chi connectivity index (χ0n) is 12.8. The lowest BCUT2D eigenvalue weighted by Gasteiger charge is -2.32. The van der Waals surface area contributed by atoms with Crippen molar-refractivity contribution in [3.63, 3.8) is 0 Å². The molecule has 0 spiro atoms. The van der Waals surface area contributed by atoms with Gasteiger partial charge in [0.15, 0.2) is 5.89 Å². The van der Waals surface area contributed by atoms with Gasteiger partial charge in [-0.3, -0.25) is 4.90 Å². The minimum Gasteiger partial charge on any atom is -0.493 e. The Kier molecular flexibility index (Phi) is 4.73. The van der Waals surface area contributed by atoms with E-state index < -0.39 is 0 Å². The zero-order chi connectivity index (χ0) is 15.4. The van der Waals surface area contributed by atoms with Crippen LogP contribution in [0.3, 0.4) is 0 Å². The Labute approximate surface area is 129 Å². The van der Waals surface area contributed by atoms with Crippen molar-refractivity contribution in [2.45, 2.75) is 26.3 Å². The standard InChI is InChI=1S/C17H21FN2O2/c1-13-19-16(12-21-13)10-20-8-2-3-14(9-20)11-22-17-6-4-15(18)5-7-17/h4-7,12,14H,2-3,8-11H2,1H3. The SMILES string of the molecule is Cc1nc(CN2CCCC(COc3ccc(F)cc3)C2)co1. The number of piperidine rings is 1. The fraction of sp³-hybridized carbons (Fsp3) is 0.471. The molecule has 118 valence electrons. The van der Waals surface area contributed by atoms with Crippen LogP contribution in [0.1, 0.15) is 24.4 Å². The van der Waals surface area contributed by atoms with Gasteiger partial charge >= 0.3 is 0 Å². The lowest BCUT2D eigenvalue weighted by atomic mass is 9.99. The second kappa shape index (κ2) is 6.92. The van der Waals surface area contributed by atoms with E-state index in [9.17, 15) is 4.39 Å². The van der Waals surface area contributed by atoms with Crippen LogP contribution in [0.25, 0.3) is 0 Å². The van der Waals surface area contributed by atoms with Crippen LogP contribution in [-0.4, -0.2) is 29.6 Å². The van der Waals surface area contributed by atoms with Gasteiger partial charge in [-0.2, -0.15) is 0 Å². The molecule has 3 rings (SSSR count). The number of ether oxygens (including phenoxy) is 1. The quantitative estimate of drug-likeness (QED) is 0.848. The largest absolute Gasteiger partial charge is 0.493 e. The van der Waals surface area contributed by atoms with Gasteiger partial charge in [0.05, 0.1) is 12.3 Å². The number of oxazole rings is 1. The van der Waals surface area contributed by atoms with E-state index in [-0.39, 0.29) is 5.82 Å². The highest BCUT2D eigenvalue weighted by Gasteiger charge is 2.21. The second-order valence-electron chi connectivity index (χ2n) is 5.87. The number of hydrogen-bond acceptors (Lipinski definition) is 4. The third kappa shape index (κ3) is 4.07. The smallest absolute Gasteiger partial charge is 0.191 e. The molecule has 0 amide bonds. The van der Waals surface area contributed by atoms with Crippen molar-refractivity contribution in [3.8, 4) is 5.75 Å². The van der Waals surface area contributed by atoms with Crippen molar-refractivity contribution >= 4 is 0 Å². The van der Waals surface area contributed by atoms with E-state index in [1.807, 2.05) is 6.92 Å². The molecular formula is C17H21FN2O2. The van der Waals surface area contributed by atoms with Crippen LogP contribution in [0.2, 0.25) is 0 Å². The van der Waals surface area contributed by atoms with E-state index in [1.54, 1.807) is 18.4 Å². The first kappa shape index (κ1) is 15.0. The van der Waals surface area contributed by atoms with E-state index in [0.717, 1.165) is 43.9 Å². The van der Waals surface area contributed by atoms with Gasteiger partial charge in [-0.15, -0.1) is 0 Å². The second-order valence-corrected chi connectivity index (χ2v) is 5.87. The van der Waals surface area contributed by atoms with E-state index in [1.165, 1.54) is 12.1 Å². The summed E-state index contributed by atoms with van der Waals surface area (Å²) in [7, 11) is 0. The Morgan fingerprint density at radius 1 is 1.36 bits per heavy atom. The molecule has 1 aromatic carbocycles. The lowest BCUT2D eigenvalue weighted by molar-refractivity contribution is 0.124. The van der Waals surface area contributed by atoms with Crippen LogP contribution in [0.15, 0.2) is 34.9 Å². The molecular weight excluding hydrogens is 283 g/mol. The summed E-state index contributed by atoms with van der Waals surface area (Å²) in [6, 6.07) is 6.20. The van der Waals surface area contributed by atoms with Gasteiger partial charge in [-0.05, 0) is 43.7 Å². The van der Waals surface area contributed by atoms with Gasteiger partial charge in [0.2, 0.25) is 0 Å². The normalized spacial score (nSPS) is 19.3. The minimum atomic E-state index is -0.237. The maximum atomic E-state index is 12.9. The first-order valence-electron chi connectivity index (χ1n) is 7.71. The number of benzene rings is 1. The van der Waals surface area contributed by atoms with Crippen LogP contribution >= 0.6 is 0 Å². The van der Waals surface area contributed by atoms with Crippen LogP contribution in [0, 0.1) is 18.7 Å². The summed E-state index contributed by atoms with van der Waals surface area (Å²) in [4.78, 5) is 6.74. The monoisotopic (exact) mass is 304 g/mol. The van der Waals surface area contributed by atoms with Crippen LogP contribution in [0.4, 0.5) is 4.39 Å². The van der Waals surface area contributed by atoms with Crippen LogP contribution in [0.5, 0.6) is 5.75 Å². The minimum absolute atomic E-state index is 0.237. The summed E-state index contributed by atoms with van der Waals surface area (Å²) in [5, 5.41) is 0. The topological polar surface area (TPSA) is 38.5 Å². The molecule has 0 saturated carbocycles. The van der Waals surface area contributed by atoms with Gasteiger partial charge in [-0.25, -0.2) is 9.37 Å². The number of hydrogen-bond donors (Lipinski definition) is 0. The number of halogens is 1. The fourth-order valence-corrected chi connectivity index (χ4v) is 2.89. The number of likely N-dealkylation sites (tertiary alicyclic amines) is 1. The van der Waals surface area contributed by atoms with Gasteiger partial charge in [0, 0.05) is 25.9 Å². The van der Waals surface area contributed by atoms with E-state index in [0.29, 0.717) is 18.4 Å². The average Bonchev–Trinajstić information content (AvgIpc) is 2.92. The van der Waals surface area contributed by atoms with Gasteiger partial charge in [-0.1, -0.05) is 0 Å². The van der Waals surface area contributed by atoms with Crippen LogP contribution in [-0.2, 0) is 6.54 Å². The molecule has 1 saturated heterocycles. The summed E-state index contributed by atoms with van der Waals surface area (Å²) >= 11 is 0. The highest BCUT2D eigenvalue weighted by atomic mass is 19.1. The van der Waals surface area contributed by atoms with Crippen molar-refractivity contribution in [3.05, 3.63) is 47.9 Å². The number of aromatic nitrogens is 1. The van der Waals surface area contributed by atoms with Gasteiger partial charge in [0.25, 0.3) is 0 Å². The Bertz CT molecular complexity index is 597. The molecule has 22 heavy (non-hydrogen) atoms. The molecule has 0 bridgehead atoms. The summed E-state index contributed by atoms with van der Waals surface area (Å²) in [5.41, 5.74) is 0.984. The third-order valence-corrected chi connectivity index (χ3v) is 3.95. The van der Waals surface area contributed by atoms with Gasteiger partial charge in [0.1, 0.15) is 17.8 Å². The zero-order valence-corrected chi connectivity index (χ0v) is 12.8. The first-order chi connectivity index (χ1) is 10.7. The molecule has 0 radical (unpaired) electrons. The summed E-state index contributed by atoms with van der Waals surface area (Å²) < 4.78 is 23.9. The number of aryl methyl sites for hydroxylation is 1. The summed E-state index contributed by atoms with van der Waals surface area (Å²) in [5.74, 6) is 1.69. The average molecular weight is 304 g/mol. The third-order valence-electron chi connectivity index (χ3n) is 3.95. The van der Waals surface area contributed by atoms with Crippen molar-refractivity contribution < 1.29 is 13.5 Å². The van der Waals surface area contributed by atoms with E-state index >= 15 is 0 Å². The van der Waals surface area contributed by atoms with E-state index in [4.69, 9.17) is 9.15 Å². The maximum Gasteiger partial charge on any atom is 0.191 e. The summed E-state index contributed by atoms with van der Waals surface area (Å²) in [6.45, 7) is 5.43. The molecule has 2 heterocycles. The highest BCUT2D eigenvalue weighted by Crippen LogP contribution is 2.20. The molecule has 1 atom stereocenters. The molecule has 0 aliphatic carbocycles. The number of rotatable bonds is 5. The first-order valence-corrected chi connectivity index (χ1v) is 7.71. The van der Waals surface area contributed by atoms with Crippen molar-refractivity contribution in [2.24, 2.45) is 5.92 Å². The predicted octanol–water partition coefficient (Wildman–Crippen LogP) is 3.41. The fourth-order valence-electron chi connectivity index (χ4n) is 2.89. The summed E-state index contributed by atoms with van der Waals surface area (Å²) in [6.07, 6.45) is 4.05. The predicted molar refractivity (Wildman–Crippen MR) is 81.1 cm³/mol. The van der Waals surface area contributed by atoms with Crippen molar-refractivity contribution in [1.82, 2.24) is 9.88 Å². The van der Waals surface area contributed by atoms with Crippen molar-refractivity contribution in [2.75, 3.05) is 19.7 Å². The Morgan fingerprint density at radius 2 is 2.18 bits per heavy atom. The number of nitrogens with zero attached hydrogens (tertiary/aromatic N) is 2. The van der Waals surface area contributed by atoms with E-state index in [2.05, 4.69) is 9.88 Å². The lowest BCUT2D eigenvalue weighted by Crippen LogP contribution is -2.37. The highest BCUT2D eigenvalue weighted by molar-refractivity contribution is 5.22. The van der Waals surface area contributed by atoms with Crippen molar-refractivity contribution in [1.29, 1.82) is 0 Å². The molecule has 0 N–H and O–H groups in total.